The lowest BCUT2D eigenvalue weighted by Crippen LogP contribution is -2.64. The van der Waals surface area contributed by atoms with Crippen molar-refractivity contribution in [3.05, 3.63) is 48.0 Å². The highest BCUT2D eigenvalue weighted by Crippen LogP contribution is 2.29. The first-order valence-electron chi connectivity index (χ1n) is 37.9. The van der Waals surface area contributed by atoms with Crippen molar-refractivity contribution in [3.8, 4) is 0 Å². The van der Waals surface area contributed by atoms with Crippen molar-refractivity contribution < 1.29 is 71.8 Å². The topological polar surface area (TPSA) is 302 Å². The van der Waals surface area contributed by atoms with Gasteiger partial charge in [-0.05, 0) is 139 Å². The van der Waals surface area contributed by atoms with E-state index in [1.807, 2.05) is 91.8 Å². The van der Waals surface area contributed by atoms with Gasteiger partial charge in [0.1, 0.15) is 66.1 Å². The molecule has 1 fully saturated rings. The monoisotopic (exact) mass is 1510 g/mol. The third-order valence-electron chi connectivity index (χ3n) is 19.2. The second kappa shape index (κ2) is 44.0. The summed E-state index contributed by atoms with van der Waals surface area (Å²) in [6.07, 6.45) is 4.31. The minimum Gasteiger partial charge on any atom is -0.459 e. The molecule has 0 aliphatic carbocycles. The van der Waals surface area contributed by atoms with Gasteiger partial charge >= 0.3 is 12.1 Å². The van der Waals surface area contributed by atoms with Crippen LogP contribution in [0.15, 0.2) is 42.5 Å². The second-order valence-corrected chi connectivity index (χ2v) is 33.2. The average Bonchev–Trinajstić information content (AvgIpc) is 0.736. The molecule has 0 radical (unpaired) electrons. The Hall–Kier alpha value is -7.58. The first kappa shape index (κ1) is 94.5. The third-order valence-corrected chi connectivity index (χ3v) is 20.3. The first-order valence-corrected chi connectivity index (χ1v) is 38.9. The molecule has 26 nitrogen and oxygen atoms in total. The lowest BCUT2D eigenvalue weighted by atomic mass is 9.91. The van der Waals surface area contributed by atoms with Gasteiger partial charge in [0.25, 0.3) is 0 Å². The van der Waals surface area contributed by atoms with Crippen LogP contribution in [0, 0.1) is 41.4 Å². The van der Waals surface area contributed by atoms with Crippen LogP contribution in [-0.2, 0) is 72.8 Å². The fraction of sp³-hybridized carbons (Fsp3) is 0.734. The van der Waals surface area contributed by atoms with Crippen LogP contribution in [0.1, 0.15) is 202 Å². The number of esters is 1. The van der Waals surface area contributed by atoms with Crippen LogP contribution in [0.3, 0.4) is 0 Å². The van der Waals surface area contributed by atoms with Gasteiger partial charge in [0.05, 0.1) is 12.6 Å². The maximum atomic E-state index is 15.6. The van der Waals surface area contributed by atoms with E-state index in [1.54, 1.807) is 82.2 Å². The zero-order chi connectivity index (χ0) is 81.3. The third kappa shape index (κ3) is 28.5. The molecule has 0 unspecified atom stereocenters. The van der Waals surface area contributed by atoms with Gasteiger partial charge < -0.3 is 59.7 Å². The first-order chi connectivity index (χ1) is 49.2. The van der Waals surface area contributed by atoms with E-state index in [1.165, 1.54) is 85.7 Å². The molecule has 1 heterocycles. The van der Waals surface area contributed by atoms with Crippen molar-refractivity contribution >= 4 is 88.0 Å². The van der Waals surface area contributed by atoms with E-state index >= 15 is 19.2 Å². The zero-order valence-corrected chi connectivity index (χ0v) is 69.8. The van der Waals surface area contributed by atoms with Crippen molar-refractivity contribution in [1.82, 2.24) is 55.1 Å². The smallest absolute Gasteiger partial charge is 0.410 e. The summed E-state index contributed by atoms with van der Waals surface area (Å²) < 4.78 is 11.7. The number of thioether (sulfide) groups is 1. The fourth-order valence-electron chi connectivity index (χ4n) is 13.1. The molecule has 0 bridgehead atoms. The lowest BCUT2D eigenvalue weighted by molar-refractivity contribution is -0.164. The van der Waals surface area contributed by atoms with Crippen LogP contribution in [-0.4, -0.2) is 250 Å². The molecule has 1 aromatic rings. The van der Waals surface area contributed by atoms with Crippen molar-refractivity contribution in [2.75, 3.05) is 62.4 Å². The minimum atomic E-state index is -1.64. The molecule has 1 aromatic carbocycles. The molecule has 11 amide bonds. The molecule has 106 heavy (non-hydrogen) atoms. The van der Waals surface area contributed by atoms with Gasteiger partial charge in [-0.25, -0.2) is 4.79 Å². The summed E-state index contributed by atoms with van der Waals surface area (Å²) in [7, 11) is 10.1. The summed E-state index contributed by atoms with van der Waals surface area (Å²) in [5.74, 6) is -8.97. The number of hydrogen-bond donors (Lipinski definition) is 3. The van der Waals surface area contributed by atoms with Crippen molar-refractivity contribution in [2.24, 2.45) is 41.4 Å². The van der Waals surface area contributed by atoms with E-state index in [4.69, 9.17) is 9.47 Å². The average molecular weight is 1510 g/mol. The standard InChI is InChI=1S/C79H133N11O15S/c1-28-30-36-53(15)67(104-55(17)91)66(89(27)76(101)65(52(13)14)88(26)74(99)62(44-50(9)10)87(25)73(98)61(43-49(7)8)86(24)72(97)58-39-34-35-40-90(58)78(103)105-79(18,19)20)70(95)81-57(29-2)71(96)83(21)45-63(92)84(22)59(41-47(3)4)69(94)82-64(51(11)12)75(100)85(23)60(42-48(5)6)68(93)80-54(16)77(102)106-46-56-37-32-31-33-38-56/h28,30-33,37-38,47-54,57-62,64-67H,29,34-36,39-46H2,1-27H3,(H,80,93)(H,81,95)(H,82,94)/b30-28+/t53-,54+,57+,58-,59+,60+,61+,62+,64+,65+,66+,67-/m1/s1. The van der Waals surface area contributed by atoms with Gasteiger partial charge in [-0.3, -0.25) is 62.4 Å². The molecule has 0 aromatic heterocycles. The number of likely N-dealkylation sites (tertiary alicyclic amines) is 1. The molecule has 27 heteroatoms. The second-order valence-electron chi connectivity index (χ2n) is 32.2. The van der Waals surface area contributed by atoms with Crippen LogP contribution < -0.4 is 16.0 Å². The molecular formula is C79H133N11O15S. The number of allylic oxidation sites excluding steroid dienone is 2. The van der Waals surface area contributed by atoms with E-state index in [0.29, 0.717) is 31.6 Å². The lowest BCUT2D eigenvalue weighted by Gasteiger charge is -2.42. The van der Waals surface area contributed by atoms with E-state index in [-0.39, 0.29) is 67.3 Å². The number of carbonyl (C=O) groups is 13. The van der Waals surface area contributed by atoms with Crippen molar-refractivity contribution in [2.45, 2.75) is 274 Å². The Balaban J connectivity index is 2.59. The van der Waals surface area contributed by atoms with Crippen LogP contribution in [0.4, 0.5) is 4.79 Å². The molecule has 1 saturated heterocycles. The predicted octanol–water partition coefficient (Wildman–Crippen LogP) is 8.57. The molecule has 12 atom stereocenters. The minimum absolute atomic E-state index is 0.0276. The van der Waals surface area contributed by atoms with Crippen LogP contribution in [0.2, 0.25) is 0 Å². The summed E-state index contributed by atoms with van der Waals surface area (Å²) in [5, 5.41) is 8.24. The Morgan fingerprint density at radius 1 is 0.575 bits per heavy atom. The molecule has 1 aliphatic heterocycles. The van der Waals surface area contributed by atoms with E-state index in [2.05, 4.69) is 16.0 Å². The Morgan fingerprint density at radius 3 is 1.56 bits per heavy atom. The maximum Gasteiger partial charge on any atom is 0.410 e. The van der Waals surface area contributed by atoms with Gasteiger partial charge in [0, 0.05) is 68.6 Å². The molecule has 2 rings (SSSR count). The summed E-state index contributed by atoms with van der Waals surface area (Å²) in [6.45, 7) is 35.0. The predicted molar refractivity (Wildman–Crippen MR) is 414 cm³/mol. The summed E-state index contributed by atoms with van der Waals surface area (Å²) in [4.78, 5) is 199. The highest BCUT2D eigenvalue weighted by Gasteiger charge is 2.48. The number of piperidine rings is 1. The molecule has 1 aliphatic rings. The van der Waals surface area contributed by atoms with Crippen molar-refractivity contribution in [3.63, 3.8) is 0 Å². The highest BCUT2D eigenvalue weighted by molar-refractivity contribution is 8.13. The Morgan fingerprint density at radius 2 is 1.07 bits per heavy atom. The maximum absolute atomic E-state index is 15.6. The number of nitrogens with one attached hydrogen (secondary N) is 3. The Bertz CT molecular complexity index is 3140. The molecule has 0 saturated carbocycles. The van der Waals surface area contributed by atoms with Crippen molar-refractivity contribution in [1.29, 1.82) is 0 Å². The largest absolute Gasteiger partial charge is 0.459 e. The summed E-state index contributed by atoms with van der Waals surface area (Å²) >= 11 is 1.08. The van der Waals surface area contributed by atoms with Gasteiger partial charge in [-0.2, -0.15) is 0 Å². The number of carbonyl (C=O) groups excluding carboxylic acids is 13. The van der Waals surface area contributed by atoms with Gasteiger partial charge in [-0.1, -0.05) is 151 Å². The number of rotatable bonds is 39. The SMILES string of the molecule is C/C=C/C[C@@H](C)[C@@H](OC(C)=O)[C@@H](C(=O)N[C@@H](CC)C(=O)N(C)CC(=O)N(C)[C@@H](CC(C)C)C(=O)N[C@H](C(=O)N(C)[C@@H](CC(C)C)C(=O)N[C@@H](C)C(=O)SCc1ccccc1)C(C)C)N(C)C(=O)[C@H](C(C)C)N(C)C(=O)[C@H](CC(C)C)N(C)C(=O)[C@H](CC(C)C)N(C)C(=O)[C@H]1CCCCN1C(=O)OC(C)(C)C. The summed E-state index contributed by atoms with van der Waals surface area (Å²) in [5.41, 5.74) is 0.125. The number of ether oxygens (including phenoxy) is 2. The van der Waals surface area contributed by atoms with E-state index in [9.17, 15) is 43.2 Å². The van der Waals surface area contributed by atoms with E-state index in [0.717, 1.165) is 27.1 Å². The quantitative estimate of drug-likeness (QED) is 0.0410. The fourth-order valence-corrected chi connectivity index (χ4v) is 13.9. The molecule has 600 valence electrons. The number of likely N-dealkylation sites (N-methyl/N-ethyl adjacent to an activating group) is 7. The number of benzene rings is 1. The number of amides is 11. The number of nitrogens with zero attached hydrogens (tertiary/aromatic N) is 8. The molecular weight excluding hydrogens is 1370 g/mol. The summed E-state index contributed by atoms with van der Waals surface area (Å²) in [6, 6.07) is -2.18. The number of hydrogen-bond acceptors (Lipinski definition) is 16. The van der Waals surface area contributed by atoms with Gasteiger partial charge in [0.15, 0.2) is 0 Å². The zero-order valence-electron chi connectivity index (χ0n) is 69.0. The highest BCUT2D eigenvalue weighted by atomic mass is 32.2. The van der Waals surface area contributed by atoms with Gasteiger partial charge in [0.2, 0.25) is 64.2 Å². The van der Waals surface area contributed by atoms with Gasteiger partial charge in [-0.15, -0.1) is 0 Å². The van der Waals surface area contributed by atoms with Crippen LogP contribution in [0.25, 0.3) is 0 Å². The Kier molecular flexibility index (Phi) is 39.3. The van der Waals surface area contributed by atoms with Crippen LogP contribution in [0.5, 0.6) is 0 Å². The normalized spacial score (nSPS) is 16.5. The van der Waals surface area contributed by atoms with E-state index < -0.39 is 168 Å². The molecule has 3 N–H and O–H groups in total. The molecule has 0 spiro atoms. The van der Waals surface area contributed by atoms with Crippen LogP contribution >= 0.6 is 11.8 Å². The Labute approximate surface area is 638 Å².